The first kappa shape index (κ1) is 18.9. The number of rotatable bonds is 3. The smallest absolute Gasteiger partial charge is 0.181 e. The molecule has 6 nitrogen and oxygen atoms in total. The molecule has 2 aromatic carbocycles. The van der Waals surface area contributed by atoms with Crippen molar-refractivity contribution in [3.8, 4) is 22.8 Å². The van der Waals surface area contributed by atoms with Gasteiger partial charge in [0.25, 0.3) is 0 Å². The molecule has 1 saturated carbocycles. The molecule has 1 N–H and O–H groups in total. The summed E-state index contributed by atoms with van der Waals surface area (Å²) < 4.78 is 16.6. The standard InChI is InChI=1S/C23H25FN6/c1-23(2,3)17-10-8-14(12-18(17)24)21-25-22(28-27-21)15-9-11-20-19(13-15)26-29-30(20)16-6-4-5-7-16/h8-13,16H,4-7H2,1-3H3,(H,25,27,28). The minimum atomic E-state index is -0.252. The fourth-order valence-electron chi connectivity index (χ4n) is 4.29. The van der Waals surface area contributed by atoms with Gasteiger partial charge in [-0.1, -0.05) is 51.0 Å². The second-order valence-electron chi connectivity index (χ2n) is 9.13. The van der Waals surface area contributed by atoms with Crippen LogP contribution in [0.2, 0.25) is 0 Å². The number of nitrogens with zero attached hydrogens (tertiary/aromatic N) is 5. The second-order valence-corrected chi connectivity index (χ2v) is 9.13. The van der Waals surface area contributed by atoms with Crippen molar-refractivity contribution in [2.24, 2.45) is 0 Å². The number of benzene rings is 2. The number of hydrogen-bond acceptors (Lipinski definition) is 4. The van der Waals surface area contributed by atoms with Gasteiger partial charge in [0.1, 0.15) is 11.3 Å². The summed E-state index contributed by atoms with van der Waals surface area (Å²) in [6.45, 7) is 5.99. The molecule has 0 bridgehead atoms. The van der Waals surface area contributed by atoms with Gasteiger partial charge in [0.2, 0.25) is 0 Å². The Balaban J connectivity index is 1.45. The van der Waals surface area contributed by atoms with E-state index < -0.39 is 0 Å². The molecule has 0 unspecified atom stereocenters. The Morgan fingerprint density at radius 3 is 2.53 bits per heavy atom. The van der Waals surface area contributed by atoms with Crippen molar-refractivity contribution < 1.29 is 4.39 Å². The maximum Gasteiger partial charge on any atom is 0.181 e. The van der Waals surface area contributed by atoms with Gasteiger partial charge in [-0.25, -0.2) is 14.1 Å². The van der Waals surface area contributed by atoms with Gasteiger partial charge in [-0.15, -0.1) is 5.10 Å². The van der Waals surface area contributed by atoms with E-state index in [2.05, 4.69) is 30.2 Å². The van der Waals surface area contributed by atoms with Gasteiger partial charge in [0.05, 0.1) is 11.6 Å². The zero-order chi connectivity index (χ0) is 20.9. The molecule has 1 fully saturated rings. The first-order valence-electron chi connectivity index (χ1n) is 10.5. The van der Waals surface area contributed by atoms with E-state index >= 15 is 0 Å². The van der Waals surface area contributed by atoms with E-state index in [4.69, 9.17) is 0 Å². The van der Waals surface area contributed by atoms with E-state index in [1.54, 1.807) is 0 Å². The molecular formula is C23H25FN6. The van der Waals surface area contributed by atoms with Crippen LogP contribution in [0.15, 0.2) is 36.4 Å². The van der Waals surface area contributed by atoms with Crippen LogP contribution in [0.25, 0.3) is 33.8 Å². The molecule has 0 saturated heterocycles. The fraction of sp³-hybridized carbons (Fsp3) is 0.391. The topological polar surface area (TPSA) is 72.3 Å². The molecule has 0 aliphatic heterocycles. The number of hydrogen-bond donors (Lipinski definition) is 1. The van der Waals surface area contributed by atoms with Crippen LogP contribution >= 0.6 is 0 Å². The summed E-state index contributed by atoms with van der Waals surface area (Å²) in [4.78, 5) is 4.59. The number of nitrogens with one attached hydrogen (secondary N) is 1. The highest BCUT2D eigenvalue weighted by Gasteiger charge is 2.21. The zero-order valence-corrected chi connectivity index (χ0v) is 17.5. The quantitative estimate of drug-likeness (QED) is 0.494. The van der Waals surface area contributed by atoms with E-state index in [1.807, 2.05) is 51.1 Å². The van der Waals surface area contributed by atoms with E-state index in [0.717, 1.165) is 29.4 Å². The monoisotopic (exact) mass is 404 g/mol. The van der Waals surface area contributed by atoms with Crippen LogP contribution in [0, 0.1) is 5.82 Å². The van der Waals surface area contributed by atoms with E-state index in [1.165, 1.54) is 18.9 Å². The van der Waals surface area contributed by atoms with Crippen molar-refractivity contribution in [2.75, 3.05) is 0 Å². The van der Waals surface area contributed by atoms with Crippen molar-refractivity contribution in [3.05, 3.63) is 47.8 Å². The van der Waals surface area contributed by atoms with Crippen molar-refractivity contribution in [2.45, 2.75) is 57.9 Å². The van der Waals surface area contributed by atoms with Gasteiger partial charge >= 0.3 is 0 Å². The molecule has 0 radical (unpaired) electrons. The molecule has 7 heteroatoms. The van der Waals surface area contributed by atoms with Gasteiger partial charge in [0.15, 0.2) is 11.6 Å². The minimum absolute atomic E-state index is 0.240. The molecule has 30 heavy (non-hydrogen) atoms. The fourth-order valence-corrected chi connectivity index (χ4v) is 4.29. The highest BCUT2D eigenvalue weighted by Crippen LogP contribution is 2.32. The molecule has 2 heterocycles. The van der Waals surface area contributed by atoms with Crippen LogP contribution in [0.5, 0.6) is 0 Å². The molecule has 2 aromatic heterocycles. The maximum absolute atomic E-state index is 14.6. The molecule has 154 valence electrons. The Morgan fingerprint density at radius 2 is 1.80 bits per heavy atom. The summed E-state index contributed by atoms with van der Waals surface area (Å²) in [7, 11) is 0. The molecule has 1 aliphatic carbocycles. The SMILES string of the molecule is CC(C)(C)c1ccc(-c2n[nH]c(-c3ccc4c(c3)nnn4C3CCCC3)n2)cc1F. The first-order valence-corrected chi connectivity index (χ1v) is 10.5. The Kier molecular flexibility index (Phi) is 4.41. The molecule has 0 atom stereocenters. The van der Waals surface area contributed by atoms with Crippen molar-refractivity contribution in [1.82, 2.24) is 30.2 Å². The minimum Gasteiger partial charge on any atom is -0.259 e. The summed E-state index contributed by atoms with van der Waals surface area (Å²) in [5.41, 5.74) is 3.85. The van der Waals surface area contributed by atoms with Gasteiger partial charge in [-0.05, 0) is 48.1 Å². The summed E-state index contributed by atoms with van der Waals surface area (Å²) in [6, 6.07) is 11.7. The maximum atomic E-state index is 14.6. The Bertz CT molecular complexity index is 1210. The highest BCUT2D eigenvalue weighted by molar-refractivity contribution is 5.80. The number of H-pyrrole nitrogens is 1. The third-order valence-corrected chi connectivity index (χ3v) is 5.94. The molecule has 1 aliphatic rings. The molecular weight excluding hydrogens is 379 g/mol. The normalized spacial score (nSPS) is 15.3. The molecule has 4 aromatic rings. The highest BCUT2D eigenvalue weighted by atomic mass is 19.1. The lowest BCUT2D eigenvalue weighted by Gasteiger charge is -2.19. The Labute approximate surface area is 174 Å². The molecule has 0 spiro atoms. The third-order valence-electron chi connectivity index (χ3n) is 5.94. The predicted octanol–water partition coefficient (Wildman–Crippen LogP) is 5.44. The molecule has 5 rings (SSSR count). The Hall–Kier alpha value is -3.09. The largest absolute Gasteiger partial charge is 0.259 e. The lowest BCUT2D eigenvalue weighted by molar-refractivity contribution is 0.467. The van der Waals surface area contributed by atoms with Gasteiger partial charge < -0.3 is 0 Å². The number of fused-ring (bicyclic) bond motifs is 1. The third kappa shape index (κ3) is 3.28. The van der Waals surface area contributed by atoms with E-state index in [-0.39, 0.29) is 11.2 Å². The average molecular weight is 404 g/mol. The van der Waals surface area contributed by atoms with Gasteiger partial charge in [-0.2, -0.15) is 5.10 Å². The summed E-state index contributed by atoms with van der Waals surface area (Å²) >= 11 is 0. The van der Waals surface area contributed by atoms with Crippen LogP contribution < -0.4 is 0 Å². The van der Waals surface area contributed by atoms with E-state index in [0.29, 0.717) is 28.8 Å². The lowest BCUT2D eigenvalue weighted by atomic mass is 9.86. The predicted molar refractivity (Wildman–Crippen MR) is 115 cm³/mol. The summed E-state index contributed by atoms with van der Waals surface area (Å²) in [6.07, 6.45) is 4.83. The zero-order valence-electron chi connectivity index (χ0n) is 17.5. The van der Waals surface area contributed by atoms with Crippen molar-refractivity contribution in [3.63, 3.8) is 0 Å². The summed E-state index contributed by atoms with van der Waals surface area (Å²) in [5, 5.41) is 16.0. The van der Waals surface area contributed by atoms with Crippen LogP contribution in [-0.4, -0.2) is 30.2 Å². The van der Waals surface area contributed by atoms with Crippen LogP contribution in [-0.2, 0) is 5.41 Å². The second kappa shape index (κ2) is 7.00. The van der Waals surface area contributed by atoms with E-state index in [9.17, 15) is 4.39 Å². The van der Waals surface area contributed by atoms with Crippen LogP contribution in [0.1, 0.15) is 58.1 Å². The average Bonchev–Trinajstić information content (AvgIpc) is 3.45. The lowest BCUT2D eigenvalue weighted by Crippen LogP contribution is -2.13. The molecule has 0 amide bonds. The Morgan fingerprint density at radius 1 is 1.03 bits per heavy atom. The number of halogens is 1. The first-order chi connectivity index (χ1) is 14.4. The van der Waals surface area contributed by atoms with Gasteiger partial charge in [-0.3, -0.25) is 5.10 Å². The van der Waals surface area contributed by atoms with Crippen molar-refractivity contribution in [1.29, 1.82) is 0 Å². The van der Waals surface area contributed by atoms with Crippen LogP contribution in [0.3, 0.4) is 0 Å². The van der Waals surface area contributed by atoms with Gasteiger partial charge in [0, 0.05) is 11.1 Å². The summed E-state index contributed by atoms with van der Waals surface area (Å²) in [5.74, 6) is 0.859. The number of aromatic amines is 1. The van der Waals surface area contributed by atoms with Crippen LogP contribution in [0.4, 0.5) is 4.39 Å². The number of aromatic nitrogens is 6. The van der Waals surface area contributed by atoms with Crippen molar-refractivity contribution >= 4 is 11.0 Å².